The molecule has 9 heteroatoms. The van der Waals surface area contributed by atoms with Crippen LogP contribution in [0.4, 0.5) is 24.5 Å². The summed E-state index contributed by atoms with van der Waals surface area (Å²) < 4.78 is 64.0. The first-order valence-corrected chi connectivity index (χ1v) is 8.45. The van der Waals surface area contributed by atoms with Crippen molar-refractivity contribution in [2.24, 2.45) is 0 Å². The molecule has 0 saturated heterocycles. The summed E-state index contributed by atoms with van der Waals surface area (Å²) in [6.45, 7) is 0. The fraction of sp³-hybridized carbons (Fsp3) is 0.133. The first kappa shape index (κ1) is 17.8. The van der Waals surface area contributed by atoms with Gasteiger partial charge in [0.05, 0.1) is 23.2 Å². The molecule has 0 aromatic heterocycles. The topological polar surface area (TPSA) is 66.5 Å². The third-order valence-corrected chi connectivity index (χ3v) is 4.46. The fourth-order valence-corrected chi connectivity index (χ4v) is 2.44. The summed E-state index contributed by atoms with van der Waals surface area (Å²) in [5.41, 5.74) is -0.499. The Hall–Kier alpha value is -2.55. The van der Waals surface area contributed by atoms with Gasteiger partial charge >= 0.3 is 0 Å². The molecule has 24 heavy (non-hydrogen) atoms. The van der Waals surface area contributed by atoms with Crippen molar-refractivity contribution in [1.82, 2.24) is 0 Å². The molecule has 0 fully saturated rings. The Morgan fingerprint density at radius 3 is 2.29 bits per heavy atom. The lowest BCUT2D eigenvalue weighted by molar-refractivity contribution is 0.102. The largest absolute Gasteiger partial charge is 0.320 e. The van der Waals surface area contributed by atoms with Gasteiger partial charge in [0.1, 0.15) is 0 Å². The molecule has 2 aromatic carbocycles. The Kier molecular flexibility index (Phi) is 4.83. The van der Waals surface area contributed by atoms with Gasteiger partial charge in [0.25, 0.3) is 5.91 Å². The van der Waals surface area contributed by atoms with Gasteiger partial charge in [0.15, 0.2) is 17.5 Å². The number of hydrogen-bond donors (Lipinski definition) is 1. The normalized spacial score (nSPS) is 11.2. The Morgan fingerprint density at radius 2 is 1.67 bits per heavy atom. The summed E-state index contributed by atoms with van der Waals surface area (Å²) in [4.78, 5) is 12.1. The Labute approximate surface area is 136 Å². The molecule has 2 aromatic rings. The van der Waals surface area contributed by atoms with E-state index in [0.29, 0.717) is 6.07 Å². The molecule has 0 saturated carbocycles. The molecule has 1 N–H and O–H groups in total. The molecule has 2 rings (SSSR count). The second kappa shape index (κ2) is 6.52. The minimum Gasteiger partial charge on any atom is -0.320 e. The second-order valence-electron chi connectivity index (χ2n) is 4.92. The van der Waals surface area contributed by atoms with Crippen LogP contribution in [0.15, 0.2) is 36.4 Å². The number of sulfonamides is 1. The zero-order valence-electron chi connectivity index (χ0n) is 12.7. The molecule has 0 bridgehead atoms. The van der Waals surface area contributed by atoms with Crippen molar-refractivity contribution < 1.29 is 26.4 Å². The number of nitrogens with zero attached hydrogens (tertiary/aromatic N) is 1. The molecule has 5 nitrogen and oxygen atoms in total. The van der Waals surface area contributed by atoms with Crippen molar-refractivity contribution in [2.45, 2.75) is 0 Å². The highest BCUT2D eigenvalue weighted by Crippen LogP contribution is 2.27. The van der Waals surface area contributed by atoms with E-state index >= 15 is 0 Å². The van der Waals surface area contributed by atoms with Crippen LogP contribution in [0.3, 0.4) is 0 Å². The average molecular weight is 358 g/mol. The fourth-order valence-electron chi connectivity index (χ4n) is 1.92. The molecule has 0 radical (unpaired) electrons. The van der Waals surface area contributed by atoms with E-state index in [1.807, 2.05) is 0 Å². The number of halogens is 3. The standard InChI is InChI=1S/C15H13F3N2O3S/c1-20(24(2,22)23)12-6-4-3-5-11(12)19-15(21)9-7-8-10(16)14(18)13(9)17/h3-8H,1-2H3,(H,19,21). The van der Waals surface area contributed by atoms with Gasteiger partial charge in [0.2, 0.25) is 10.0 Å². The summed E-state index contributed by atoms with van der Waals surface area (Å²) in [5, 5.41) is 2.29. The van der Waals surface area contributed by atoms with Crippen LogP contribution < -0.4 is 9.62 Å². The number of hydrogen-bond acceptors (Lipinski definition) is 3. The summed E-state index contributed by atoms with van der Waals surface area (Å²) >= 11 is 0. The number of rotatable bonds is 4. The Morgan fingerprint density at radius 1 is 1.04 bits per heavy atom. The minimum absolute atomic E-state index is 0.0690. The van der Waals surface area contributed by atoms with Gasteiger partial charge in [-0.2, -0.15) is 0 Å². The Balaban J connectivity index is 2.39. The summed E-state index contributed by atoms with van der Waals surface area (Å²) in [7, 11) is -2.32. The van der Waals surface area contributed by atoms with Crippen LogP contribution in [0.2, 0.25) is 0 Å². The molecule has 0 unspecified atom stereocenters. The molecule has 1 amide bonds. The van der Waals surface area contributed by atoms with Gasteiger partial charge in [0, 0.05) is 7.05 Å². The van der Waals surface area contributed by atoms with Crippen LogP contribution >= 0.6 is 0 Å². The zero-order valence-corrected chi connectivity index (χ0v) is 13.5. The van der Waals surface area contributed by atoms with Gasteiger partial charge in [-0.3, -0.25) is 9.10 Å². The van der Waals surface area contributed by atoms with E-state index in [1.165, 1.54) is 25.2 Å². The lowest BCUT2D eigenvalue weighted by atomic mass is 10.1. The first-order chi connectivity index (χ1) is 11.1. The molecule has 0 spiro atoms. The van der Waals surface area contributed by atoms with Crippen LogP contribution in [0.1, 0.15) is 10.4 Å². The molecular weight excluding hydrogens is 345 g/mol. The third-order valence-electron chi connectivity index (χ3n) is 3.27. The van der Waals surface area contributed by atoms with Crippen LogP contribution in [-0.2, 0) is 10.0 Å². The number of carbonyl (C=O) groups excluding carboxylic acids is 1. The highest BCUT2D eigenvalue weighted by molar-refractivity contribution is 7.92. The lowest BCUT2D eigenvalue weighted by Crippen LogP contribution is -2.26. The zero-order chi connectivity index (χ0) is 18.1. The van der Waals surface area contributed by atoms with Gasteiger partial charge in [-0.1, -0.05) is 12.1 Å². The quantitative estimate of drug-likeness (QED) is 0.855. The van der Waals surface area contributed by atoms with Crippen LogP contribution in [0, 0.1) is 17.5 Å². The molecule has 0 aliphatic rings. The Bertz CT molecular complexity index is 901. The maximum atomic E-state index is 13.7. The lowest BCUT2D eigenvalue weighted by Gasteiger charge is -2.20. The van der Waals surface area contributed by atoms with E-state index in [4.69, 9.17) is 0 Å². The van der Waals surface area contributed by atoms with E-state index in [2.05, 4.69) is 5.32 Å². The highest BCUT2D eigenvalue weighted by atomic mass is 32.2. The molecule has 128 valence electrons. The van der Waals surface area contributed by atoms with E-state index in [-0.39, 0.29) is 11.4 Å². The van der Waals surface area contributed by atoms with E-state index < -0.39 is 38.9 Å². The van der Waals surface area contributed by atoms with Crippen molar-refractivity contribution in [3.8, 4) is 0 Å². The predicted octanol–water partition coefficient (Wildman–Crippen LogP) is 2.75. The van der Waals surface area contributed by atoms with E-state index in [0.717, 1.165) is 16.6 Å². The van der Waals surface area contributed by atoms with Crippen LogP contribution in [-0.4, -0.2) is 27.6 Å². The number of amides is 1. The maximum Gasteiger partial charge on any atom is 0.258 e. The summed E-state index contributed by atoms with van der Waals surface area (Å²) in [6.07, 6.45) is 0.973. The van der Waals surface area contributed by atoms with Crippen LogP contribution in [0.5, 0.6) is 0 Å². The summed E-state index contributed by atoms with van der Waals surface area (Å²) in [6, 6.07) is 7.32. The maximum absolute atomic E-state index is 13.7. The first-order valence-electron chi connectivity index (χ1n) is 6.60. The minimum atomic E-state index is -3.60. The number of para-hydroxylation sites is 2. The van der Waals surface area contributed by atoms with Crippen molar-refractivity contribution in [3.05, 3.63) is 59.4 Å². The van der Waals surface area contributed by atoms with Crippen molar-refractivity contribution in [2.75, 3.05) is 22.9 Å². The van der Waals surface area contributed by atoms with E-state index in [1.54, 1.807) is 6.07 Å². The van der Waals surface area contributed by atoms with Crippen molar-refractivity contribution in [1.29, 1.82) is 0 Å². The number of carbonyl (C=O) groups is 1. The number of nitrogens with one attached hydrogen (secondary N) is 1. The van der Waals surface area contributed by atoms with Crippen molar-refractivity contribution in [3.63, 3.8) is 0 Å². The van der Waals surface area contributed by atoms with E-state index in [9.17, 15) is 26.4 Å². The highest BCUT2D eigenvalue weighted by Gasteiger charge is 2.21. The second-order valence-corrected chi connectivity index (χ2v) is 6.94. The summed E-state index contributed by atoms with van der Waals surface area (Å²) in [5.74, 6) is -5.84. The molecule has 0 aliphatic heterocycles. The molecular formula is C15H13F3N2O3S. The number of benzene rings is 2. The SMILES string of the molecule is CN(c1ccccc1NC(=O)c1ccc(F)c(F)c1F)S(C)(=O)=O. The smallest absolute Gasteiger partial charge is 0.258 e. The van der Waals surface area contributed by atoms with Gasteiger partial charge < -0.3 is 5.32 Å². The monoisotopic (exact) mass is 358 g/mol. The predicted molar refractivity (Wildman–Crippen MR) is 84.0 cm³/mol. The molecule has 0 aliphatic carbocycles. The van der Waals surface area contributed by atoms with Crippen LogP contribution in [0.25, 0.3) is 0 Å². The van der Waals surface area contributed by atoms with Crippen molar-refractivity contribution >= 4 is 27.3 Å². The number of anilines is 2. The molecule has 0 atom stereocenters. The third kappa shape index (κ3) is 3.51. The average Bonchev–Trinajstić information content (AvgIpc) is 2.51. The van der Waals surface area contributed by atoms with Gasteiger partial charge in [-0.05, 0) is 24.3 Å². The molecule has 0 heterocycles. The van der Waals surface area contributed by atoms with Gasteiger partial charge in [-0.25, -0.2) is 21.6 Å². The van der Waals surface area contributed by atoms with Gasteiger partial charge in [-0.15, -0.1) is 0 Å².